The Hall–Kier alpha value is -0.930. The van der Waals surface area contributed by atoms with E-state index in [1.165, 1.54) is 6.07 Å². The van der Waals surface area contributed by atoms with Gasteiger partial charge in [-0.05, 0) is 37.6 Å². The Kier molecular flexibility index (Phi) is 5.59. The van der Waals surface area contributed by atoms with Crippen molar-refractivity contribution in [3.63, 3.8) is 0 Å². The van der Waals surface area contributed by atoms with Crippen LogP contribution in [0.4, 0.5) is 4.39 Å². The van der Waals surface area contributed by atoms with Gasteiger partial charge in [0, 0.05) is 18.6 Å². The van der Waals surface area contributed by atoms with Gasteiger partial charge in [0.15, 0.2) is 0 Å². The van der Waals surface area contributed by atoms with Crippen molar-refractivity contribution in [2.24, 2.45) is 5.73 Å². The Labute approximate surface area is 104 Å². The molecule has 0 saturated heterocycles. The van der Waals surface area contributed by atoms with Crippen LogP contribution in [0.2, 0.25) is 0 Å². The number of halogens is 1. The second-order valence-electron chi connectivity index (χ2n) is 4.39. The predicted molar refractivity (Wildman–Crippen MR) is 70.3 cm³/mol. The highest BCUT2D eigenvalue weighted by Gasteiger charge is 2.21. The van der Waals surface area contributed by atoms with Gasteiger partial charge in [-0.25, -0.2) is 4.39 Å². The van der Waals surface area contributed by atoms with E-state index >= 15 is 0 Å². The largest absolute Gasteiger partial charge is 0.329 e. The van der Waals surface area contributed by atoms with Crippen LogP contribution in [0.15, 0.2) is 24.3 Å². The Morgan fingerprint density at radius 1 is 1.35 bits per heavy atom. The zero-order chi connectivity index (χ0) is 12.8. The van der Waals surface area contributed by atoms with E-state index in [0.717, 1.165) is 18.5 Å². The number of likely N-dealkylation sites (N-methyl/N-ethyl adjacent to an activating group) is 1. The van der Waals surface area contributed by atoms with E-state index in [4.69, 9.17) is 5.73 Å². The first kappa shape index (κ1) is 14.1. The minimum absolute atomic E-state index is 0.102. The lowest BCUT2D eigenvalue weighted by molar-refractivity contribution is 0.152. The number of benzene rings is 1. The normalized spacial score (nSPS) is 14.9. The highest BCUT2D eigenvalue weighted by molar-refractivity contribution is 5.20. The Bertz CT molecular complexity index is 341. The predicted octanol–water partition coefficient (Wildman–Crippen LogP) is 2.95. The molecule has 2 N–H and O–H groups in total. The zero-order valence-corrected chi connectivity index (χ0v) is 11.0. The van der Waals surface area contributed by atoms with E-state index in [-0.39, 0.29) is 11.9 Å². The summed E-state index contributed by atoms with van der Waals surface area (Å²) in [5.41, 5.74) is 6.83. The molecule has 2 atom stereocenters. The molecular weight excluding hydrogens is 215 g/mol. The van der Waals surface area contributed by atoms with Gasteiger partial charge in [0.2, 0.25) is 0 Å². The third-order valence-electron chi connectivity index (χ3n) is 3.38. The number of hydrogen-bond acceptors (Lipinski definition) is 2. The van der Waals surface area contributed by atoms with Crippen molar-refractivity contribution in [3.8, 4) is 0 Å². The minimum atomic E-state index is -0.193. The molecule has 1 aromatic carbocycles. The average molecular weight is 238 g/mol. The second kappa shape index (κ2) is 6.72. The van der Waals surface area contributed by atoms with Gasteiger partial charge in [-0.2, -0.15) is 0 Å². The van der Waals surface area contributed by atoms with Gasteiger partial charge in [0.25, 0.3) is 0 Å². The summed E-state index contributed by atoms with van der Waals surface area (Å²) in [4.78, 5) is 2.33. The molecule has 0 heterocycles. The number of rotatable bonds is 6. The monoisotopic (exact) mass is 238 g/mol. The Morgan fingerprint density at radius 3 is 2.53 bits per heavy atom. The number of nitrogens with two attached hydrogens (primary N) is 1. The van der Waals surface area contributed by atoms with Crippen molar-refractivity contribution in [2.75, 3.05) is 13.1 Å². The molecule has 0 aliphatic carbocycles. The van der Waals surface area contributed by atoms with Crippen LogP contribution in [0, 0.1) is 5.82 Å². The molecule has 1 rings (SSSR count). The Morgan fingerprint density at radius 2 is 2.06 bits per heavy atom. The van der Waals surface area contributed by atoms with E-state index in [1.807, 2.05) is 6.07 Å². The van der Waals surface area contributed by atoms with Crippen LogP contribution in [0.5, 0.6) is 0 Å². The summed E-state index contributed by atoms with van der Waals surface area (Å²) >= 11 is 0. The highest BCUT2D eigenvalue weighted by Crippen LogP contribution is 2.23. The van der Waals surface area contributed by atoms with Gasteiger partial charge in [0.1, 0.15) is 5.82 Å². The molecule has 0 bridgehead atoms. The molecule has 0 fully saturated rings. The van der Waals surface area contributed by atoms with Crippen molar-refractivity contribution in [1.29, 1.82) is 0 Å². The molecular formula is C14H23FN2. The van der Waals surface area contributed by atoms with Crippen molar-refractivity contribution < 1.29 is 4.39 Å². The van der Waals surface area contributed by atoms with E-state index in [2.05, 4.69) is 25.7 Å². The first-order chi connectivity index (χ1) is 8.13. The SMILES string of the molecule is CCC(C)N(CC)C(CN)c1cccc(F)c1. The minimum Gasteiger partial charge on any atom is -0.329 e. The molecule has 0 aliphatic rings. The van der Waals surface area contributed by atoms with Gasteiger partial charge >= 0.3 is 0 Å². The molecule has 2 unspecified atom stereocenters. The standard InChI is InChI=1S/C14H23FN2/c1-4-11(3)17(5-2)14(10-16)12-7-6-8-13(15)9-12/h6-9,11,14H,4-5,10,16H2,1-3H3. The maximum Gasteiger partial charge on any atom is 0.123 e. The van der Waals surface area contributed by atoms with E-state index in [9.17, 15) is 4.39 Å². The molecule has 3 heteroatoms. The lowest BCUT2D eigenvalue weighted by Gasteiger charge is -2.35. The molecule has 2 nitrogen and oxygen atoms in total. The van der Waals surface area contributed by atoms with E-state index < -0.39 is 0 Å². The van der Waals surface area contributed by atoms with Crippen molar-refractivity contribution in [2.45, 2.75) is 39.3 Å². The zero-order valence-electron chi connectivity index (χ0n) is 11.0. The summed E-state index contributed by atoms with van der Waals surface area (Å²) in [7, 11) is 0. The van der Waals surface area contributed by atoms with Gasteiger partial charge < -0.3 is 5.73 Å². The van der Waals surface area contributed by atoms with Gasteiger partial charge in [-0.1, -0.05) is 26.0 Å². The first-order valence-corrected chi connectivity index (χ1v) is 6.35. The molecule has 0 amide bonds. The molecule has 0 spiro atoms. The molecule has 1 aromatic rings. The van der Waals surface area contributed by atoms with Crippen LogP contribution in [0.1, 0.15) is 38.8 Å². The number of nitrogens with zero attached hydrogens (tertiary/aromatic N) is 1. The maximum atomic E-state index is 13.3. The summed E-state index contributed by atoms with van der Waals surface area (Å²) < 4.78 is 13.3. The van der Waals surface area contributed by atoms with Gasteiger partial charge in [-0.15, -0.1) is 0 Å². The highest BCUT2D eigenvalue weighted by atomic mass is 19.1. The lowest BCUT2D eigenvalue weighted by Crippen LogP contribution is -2.39. The van der Waals surface area contributed by atoms with Crippen LogP contribution in [0.25, 0.3) is 0 Å². The topological polar surface area (TPSA) is 29.3 Å². The fraction of sp³-hybridized carbons (Fsp3) is 0.571. The maximum absolute atomic E-state index is 13.3. The van der Waals surface area contributed by atoms with Crippen molar-refractivity contribution in [1.82, 2.24) is 4.90 Å². The molecule has 0 aliphatic heterocycles. The van der Waals surface area contributed by atoms with E-state index in [1.54, 1.807) is 12.1 Å². The fourth-order valence-electron chi connectivity index (χ4n) is 2.25. The molecule has 0 radical (unpaired) electrons. The number of hydrogen-bond donors (Lipinski definition) is 1. The van der Waals surface area contributed by atoms with E-state index in [0.29, 0.717) is 12.6 Å². The van der Waals surface area contributed by atoms with Crippen LogP contribution in [-0.4, -0.2) is 24.0 Å². The molecule has 96 valence electrons. The van der Waals surface area contributed by atoms with Crippen molar-refractivity contribution >= 4 is 0 Å². The third kappa shape index (κ3) is 3.51. The summed E-state index contributed by atoms with van der Waals surface area (Å²) in [6, 6.07) is 7.31. The van der Waals surface area contributed by atoms with Crippen LogP contribution in [-0.2, 0) is 0 Å². The van der Waals surface area contributed by atoms with Crippen molar-refractivity contribution in [3.05, 3.63) is 35.6 Å². The fourth-order valence-corrected chi connectivity index (χ4v) is 2.25. The molecule has 0 saturated carbocycles. The van der Waals surface area contributed by atoms with Gasteiger partial charge in [0.05, 0.1) is 0 Å². The summed E-state index contributed by atoms with van der Waals surface area (Å²) in [6.07, 6.45) is 1.07. The quantitative estimate of drug-likeness (QED) is 0.825. The third-order valence-corrected chi connectivity index (χ3v) is 3.38. The van der Waals surface area contributed by atoms with Gasteiger partial charge in [-0.3, -0.25) is 4.90 Å². The van der Waals surface area contributed by atoms with Crippen LogP contribution >= 0.6 is 0 Å². The molecule has 17 heavy (non-hydrogen) atoms. The summed E-state index contributed by atoms with van der Waals surface area (Å²) in [5, 5.41) is 0. The second-order valence-corrected chi connectivity index (χ2v) is 4.39. The smallest absolute Gasteiger partial charge is 0.123 e. The summed E-state index contributed by atoms with van der Waals surface area (Å²) in [5.74, 6) is -0.193. The molecule has 0 aromatic heterocycles. The lowest BCUT2D eigenvalue weighted by atomic mass is 10.0. The van der Waals surface area contributed by atoms with Crippen LogP contribution in [0.3, 0.4) is 0 Å². The first-order valence-electron chi connectivity index (χ1n) is 6.35. The average Bonchev–Trinajstić information content (AvgIpc) is 2.34. The Balaban J connectivity index is 2.96. The summed E-state index contributed by atoms with van der Waals surface area (Å²) in [6.45, 7) is 7.90. The van der Waals surface area contributed by atoms with Crippen LogP contribution < -0.4 is 5.73 Å².